The Bertz CT molecular complexity index is 578. The average molecular weight is 266 g/mol. The normalized spacial score (nSPS) is 10.7. The van der Waals surface area contributed by atoms with E-state index in [1.807, 2.05) is 33.9 Å². The van der Waals surface area contributed by atoms with Crippen molar-refractivity contribution in [3.05, 3.63) is 34.8 Å². The molecule has 0 spiro atoms. The van der Waals surface area contributed by atoms with Crippen molar-refractivity contribution in [3.63, 3.8) is 0 Å². The lowest BCUT2D eigenvalue weighted by Gasteiger charge is -2.08. The molecule has 0 saturated heterocycles. The van der Waals surface area contributed by atoms with Crippen LogP contribution in [0.3, 0.4) is 0 Å². The Balaban J connectivity index is 2.34. The van der Waals surface area contributed by atoms with Crippen molar-refractivity contribution in [1.29, 1.82) is 0 Å². The van der Waals surface area contributed by atoms with E-state index in [1.165, 1.54) is 0 Å². The molecule has 0 aliphatic heterocycles. The lowest BCUT2D eigenvalue weighted by molar-refractivity contribution is 0.451. The van der Waals surface area contributed by atoms with Crippen LogP contribution in [0.2, 0.25) is 0 Å². The van der Waals surface area contributed by atoms with E-state index in [0.717, 1.165) is 28.3 Å². The van der Waals surface area contributed by atoms with E-state index in [4.69, 9.17) is 16.3 Å². The van der Waals surface area contributed by atoms with Crippen LogP contribution in [0.4, 0.5) is 0 Å². The molecule has 2 heterocycles. The van der Waals surface area contributed by atoms with Crippen molar-refractivity contribution < 1.29 is 4.74 Å². The van der Waals surface area contributed by atoms with Crippen LogP contribution < -0.4 is 4.74 Å². The van der Waals surface area contributed by atoms with E-state index in [2.05, 4.69) is 10.1 Å². The molecule has 0 saturated carbocycles. The zero-order valence-corrected chi connectivity index (χ0v) is 11.7. The monoisotopic (exact) mass is 265 g/mol. The first-order chi connectivity index (χ1) is 8.52. The van der Waals surface area contributed by atoms with Crippen LogP contribution in [-0.4, -0.2) is 14.8 Å². The molecule has 0 fully saturated rings. The molecule has 2 aromatic rings. The van der Waals surface area contributed by atoms with Gasteiger partial charge in [-0.3, -0.25) is 4.68 Å². The summed E-state index contributed by atoms with van der Waals surface area (Å²) in [7, 11) is 1.89. The summed E-state index contributed by atoms with van der Waals surface area (Å²) in [6.07, 6.45) is 1.73. The summed E-state index contributed by atoms with van der Waals surface area (Å²) in [6, 6.07) is 1.98. The van der Waals surface area contributed by atoms with Crippen LogP contribution in [0.25, 0.3) is 0 Å². The highest BCUT2D eigenvalue weighted by Crippen LogP contribution is 2.28. The number of ether oxygens (including phenoxy) is 1. The fourth-order valence-corrected chi connectivity index (χ4v) is 1.95. The summed E-state index contributed by atoms with van der Waals surface area (Å²) in [6.45, 7) is 5.85. The molecule has 0 aromatic carbocycles. The second-order valence-electron chi connectivity index (χ2n) is 4.32. The quantitative estimate of drug-likeness (QED) is 0.800. The van der Waals surface area contributed by atoms with Crippen molar-refractivity contribution in [3.8, 4) is 11.6 Å². The molecule has 2 rings (SSSR count). The van der Waals surface area contributed by atoms with E-state index >= 15 is 0 Å². The van der Waals surface area contributed by atoms with E-state index in [0.29, 0.717) is 11.8 Å². The van der Waals surface area contributed by atoms with Crippen LogP contribution in [0.5, 0.6) is 11.6 Å². The molecule has 0 atom stereocenters. The zero-order chi connectivity index (χ0) is 13.3. The largest absolute Gasteiger partial charge is 0.435 e. The van der Waals surface area contributed by atoms with Crippen molar-refractivity contribution in [2.45, 2.75) is 26.7 Å². The number of aromatic nitrogens is 3. The van der Waals surface area contributed by atoms with Gasteiger partial charge in [0.25, 0.3) is 0 Å². The Morgan fingerprint density at radius 3 is 2.56 bits per heavy atom. The van der Waals surface area contributed by atoms with Crippen LogP contribution in [0, 0.1) is 20.8 Å². The topological polar surface area (TPSA) is 39.9 Å². The molecule has 2 aromatic heterocycles. The molecule has 0 radical (unpaired) electrons. The van der Waals surface area contributed by atoms with Gasteiger partial charge >= 0.3 is 0 Å². The molecule has 5 heteroatoms. The number of aryl methyl sites for hydroxylation is 3. The van der Waals surface area contributed by atoms with Gasteiger partial charge in [0.15, 0.2) is 5.75 Å². The minimum atomic E-state index is 0.457. The Hall–Kier alpha value is -1.55. The van der Waals surface area contributed by atoms with Crippen LogP contribution in [-0.2, 0) is 12.9 Å². The summed E-state index contributed by atoms with van der Waals surface area (Å²) in [5.74, 6) is 1.83. The third-order valence-corrected chi connectivity index (χ3v) is 3.19. The van der Waals surface area contributed by atoms with Gasteiger partial charge in [0.05, 0.1) is 5.69 Å². The fourth-order valence-electron chi connectivity index (χ4n) is 1.80. The van der Waals surface area contributed by atoms with Gasteiger partial charge in [-0.15, -0.1) is 11.6 Å². The van der Waals surface area contributed by atoms with Gasteiger partial charge in [-0.05, 0) is 32.4 Å². The minimum Gasteiger partial charge on any atom is -0.435 e. The maximum absolute atomic E-state index is 5.85. The highest BCUT2D eigenvalue weighted by atomic mass is 35.5. The molecule has 0 unspecified atom stereocenters. The lowest BCUT2D eigenvalue weighted by atomic mass is 10.2. The number of hydrogen-bond donors (Lipinski definition) is 0. The molecule has 0 N–H and O–H groups in total. The second-order valence-corrected chi connectivity index (χ2v) is 4.59. The van der Waals surface area contributed by atoms with Crippen molar-refractivity contribution >= 4 is 11.6 Å². The highest BCUT2D eigenvalue weighted by molar-refractivity contribution is 6.17. The van der Waals surface area contributed by atoms with Crippen molar-refractivity contribution in [2.24, 2.45) is 7.05 Å². The van der Waals surface area contributed by atoms with Gasteiger partial charge in [-0.25, -0.2) is 4.98 Å². The maximum atomic E-state index is 5.85. The molecule has 0 aliphatic carbocycles. The Morgan fingerprint density at radius 2 is 2.06 bits per heavy atom. The minimum absolute atomic E-state index is 0.457. The molecular formula is C13H16ClN3O. The zero-order valence-electron chi connectivity index (χ0n) is 11.0. The maximum Gasteiger partial charge on any atom is 0.222 e. The molecular weight excluding hydrogens is 250 g/mol. The van der Waals surface area contributed by atoms with Gasteiger partial charge < -0.3 is 4.74 Å². The Morgan fingerprint density at radius 1 is 1.33 bits per heavy atom. The van der Waals surface area contributed by atoms with E-state index in [-0.39, 0.29) is 0 Å². The van der Waals surface area contributed by atoms with Gasteiger partial charge in [-0.1, -0.05) is 0 Å². The second kappa shape index (κ2) is 4.98. The molecule has 18 heavy (non-hydrogen) atoms. The smallest absolute Gasteiger partial charge is 0.222 e. The van der Waals surface area contributed by atoms with Crippen LogP contribution in [0.15, 0.2) is 12.3 Å². The fraction of sp³-hybridized carbons (Fsp3) is 0.385. The summed E-state index contributed by atoms with van der Waals surface area (Å²) >= 11 is 5.77. The summed E-state index contributed by atoms with van der Waals surface area (Å²) in [5, 5.41) is 4.31. The van der Waals surface area contributed by atoms with Gasteiger partial charge in [0.1, 0.15) is 5.69 Å². The SMILES string of the molecule is Cc1cc(CCl)cnc1Oc1c(C)nn(C)c1C. The lowest BCUT2D eigenvalue weighted by Crippen LogP contribution is -1.96. The predicted molar refractivity (Wildman–Crippen MR) is 71.3 cm³/mol. The average Bonchev–Trinajstić information content (AvgIpc) is 2.58. The number of halogens is 1. The Labute approximate surface area is 112 Å². The third kappa shape index (κ3) is 2.34. The van der Waals surface area contributed by atoms with Gasteiger partial charge in [0.2, 0.25) is 5.88 Å². The van der Waals surface area contributed by atoms with E-state index < -0.39 is 0 Å². The number of pyridine rings is 1. The Kier molecular flexibility index (Phi) is 3.57. The number of rotatable bonds is 3. The first-order valence-electron chi connectivity index (χ1n) is 5.72. The summed E-state index contributed by atoms with van der Waals surface area (Å²) in [4.78, 5) is 4.29. The molecule has 0 aliphatic rings. The molecule has 0 amide bonds. The number of alkyl halides is 1. The van der Waals surface area contributed by atoms with Gasteiger partial charge in [-0.2, -0.15) is 5.10 Å². The molecule has 4 nitrogen and oxygen atoms in total. The standard InChI is InChI=1S/C13H16ClN3O/c1-8-5-11(6-14)7-15-13(8)18-12-9(2)16-17(4)10(12)3/h5,7H,6H2,1-4H3. The molecule has 0 bridgehead atoms. The first-order valence-corrected chi connectivity index (χ1v) is 6.26. The number of hydrogen-bond acceptors (Lipinski definition) is 3. The van der Waals surface area contributed by atoms with Crippen LogP contribution >= 0.6 is 11.6 Å². The predicted octanol–water partition coefficient (Wildman–Crippen LogP) is 3.27. The van der Waals surface area contributed by atoms with Gasteiger partial charge in [0, 0.05) is 24.7 Å². The number of nitrogens with zero attached hydrogens (tertiary/aromatic N) is 3. The molecule has 96 valence electrons. The summed E-state index contributed by atoms with van der Waals surface area (Å²) < 4.78 is 7.65. The third-order valence-electron chi connectivity index (χ3n) is 2.88. The summed E-state index contributed by atoms with van der Waals surface area (Å²) in [5.41, 5.74) is 3.80. The van der Waals surface area contributed by atoms with E-state index in [9.17, 15) is 0 Å². The first kappa shape index (κ1) is 12.9. The van der Waals surface area contributed by atoms with Crippen molar-refractivity contribution in [2.75, 3.05) is 0 Å². The van der Waals surface area contributed by atoms with Crippen molar-refractivity contribution in [1.82, 2.24) is 14.8 Å². The highest BCUT2D eigenvalue weighted by Gasteiger charge is 2.13. The van der Waals surface area contributed by atoms with E-state index in [1.54, 1.807) is 10.9 Å². The van der Waals surface area contributed by atoms with Crippen LogP contribution in [0.1, 0.15) is 22.5 Å².